The normalized spacial score (nSPS) is 12.6. The largest absolute Gasteiger partial charge is 0.441 e. The van der Waals surface area contributed by atoms with Crippen LogP contribution >= 0.6 is 0 Å². The third-order valence-electron chi connectivity index (χ3n) is 4.81. The molecule has 2 aromatic rings. The van der Waals surface area contributed by atoms with Crippen molar-refractivity contribution in [2.75, 3.05) is 0 Å². The summed E-state index contributed by atoms with van der Waals surface area (Å²) in [5.41, 5.74) is 1.11. The molecule has 0 fully saturated rings. The van der Waals surface area contributed by atoms with Crippen molar-refractivity contribution in [1.82, 2.24) is 4.90 Å². The smallest absolute Gasteiger partial charge is 0.410 e. The molecule has 0 aliphatic carbocycles. The Kier molecular flexibility index (Phi) is 7.50. The van der Waals surface area contributed by atoms with Crippen LogP contribution in [0.1, 0.15) is 72.0 Å². The monoisotopic (exact) mass is 355 g/mol. The zero-order valence-electron chi connectivity index (χ0n) is 16.9. The standard InChI is InChI=1S/C23H33NO2/c1-6-7-8-16-22(26-23(25)24(17(2)3)18(4)5)21-15-11-13-19-12-9-10-14-20(19)21/h9-15,17-18,22H,6-8,16H2,1-5H3/t22-/m1/s1. The van der Waals surface area contributed by atoms with E-state index in [4.69, 9.17) is 4.74 Å². The number of fused-ring (bicyclic) bond motifs is 1. The lowest BCUT2D eigenvalue weighted by Gasteiger charge is -2.32. The highest BCUT2D eigenvalue weighted by atomic mass is 16.6. The number of benzene rings is 2. The Balaban J connectivity index is 2.32. The Morgan fingerprint density at radius 1 is 0.962 bits per heavy atom. The Morgan fingerprint density at radius 2 is 1.62 bits per heavy atom. The summed E-state index contributed by atoms with van der Waals surface area (Å²) in [5, 5.41) is 2.36. The average Bonchev–Trinajstić information content (AvgIpc) is 2.60. The first-order chi connectivity index (χ1) is 12.5. The summed E-state index contributed by atoms with van der Waals surface area (Å²) < 4.78 is 6.06. The summed E-state index contributed by atoms with van der Waals surface area (Å²) in [7, 11) is 0. The summed E-state index contributed by atoms with van der Waals surface area (Å²) in [4.78, 5) is 14.7. The van der Waals surface area contributed by atoms with Crippen LogP contribution in [0.4, 0.5) is 4.79 Å². The van der Waals surface area contributed by atoms with Crippen molar-refractivity contribution in [3.05, 3.63) is 48.0 Å². The number of unbranched alkanes of at least 4 members (excludes halogenated alkanes) is 2. The Bertz CT molecular complexity index is 695. The highest BCUT2D eigenvalue weighted by Crippen LogP contribution is 2.31. The van der Waals surface area contributed by atoms with E-state index in [-0.39, 0.29) is 24.3 Å². The lowest BCUT2D eigenvalue weighted by Crippen LogP contribution is -2.42. The van der Waals surface area contributed by atoms with E-state index < -0.39 is 0 Å². The predicted molar refractivity (Wildman–Crippen MR) is 109 cm³/mol. The lowest BCUT2D eigenvalue weighted by atomic mass is 9.97. The second kappa shape index (κ2) is 9.61. The van der Waals surface area contributed by atoms with Gasteiger partial charge in [0.1, 0.15) is 6.10 Å². The van der Waals surface area contributed by atoms with Crippen LogP contribution in [0, 0.1) is 0 Å². The molecule has 0 radical (unpaired) electrons. The second-order valence-electron chi connectivity index (χ2n) is 7.53. The van der Waals surface area contributed by atoms with Gasteiger partial charge in [0, 0.05) is 17.6 Å². The zero-order valence-corrected chi connectivity index (χ0v) is 16.9. The van der Waals surface area contributed by atoms with Gasteiger partial charge in [-0.1, -0.05) is 62.2 Å². The molecule has 0 aliphatic heterocycles. The van der Waals surface area contributed by atoms with Crippen LogP contribution in [0.25, 0.3) is 10.8 Å². The molecule has 1 amide bonds. The highest BCUT2D eigenvalue weighted by molar-refractivity contribution is 5.86. The molecule has 0 spiro atoms. The maximum Gasteiger partial charge on any atom is 0.410 e. The van der Waals surface area contributed by atoms with Gasteiger partial charge in [0.2, 0.25) is 0 Å². The molecule has 0 unspecified atom stereocenters. The van der Waals surface area contributed by atoms with Gasteiger partial charge in [-0.05, 0) is 51.3 Å². The molecule has 0 saturated heterocycles. The fourth-order valence-electron chi connectivity index (χ4n) is 3.59. The van der Waals surface area contributed by atoms with Crippen molar-refractivity contribution < 1.29 is 9.53 Å². The third kappa shape index (κ3) is 5.00. The Hall–Kier alpha value is -2.03. The fraction of sp³-hybridized carbons (Fsp3) is 0.522. The van der Waals surface area contributed by atoms with Gasteiger partial charge in [0.05, 0.1) is 0 Å². The molecule has 3 nitrogen and oxygen atoms in total. The zero-order chi connectivity index (χ0) is 19.1. The van der Waals surface area contributed by atoms with E-state index in [0.717, 1.165) is 31.2 Å². The maximum atomic E-state index is 12.9. The predicted octanol–water partition coefficient (Wildman–Crippen LogP) is 6.72. The Morgan fingerprint density at radius 3 is 2.27 bits per heavy atom. The van der Waals surface area contributed by atoms with Gasteiger partial charge in [-0.15, -0.1) is 0 Å². The summed E-state index contributed by atoms with van der Waals surface area (Å²) in [6.45, 7) is 10.3. The number of amides is 1. The van der Waals surface area contributed by atoms with Crippen LogP contribution in [0.3, 0.4) is 0 Å². The number of ether oxygens (including phenoxy) is 1. The van der Waals surface area contributed by atoms with E-state index in [1.807, 2.05) is 44.7 Å². The van der Waals surface area contributed by atoms with Gasteiger partial charge in [-0.25, -0.2) is 4.79 Å². The van der Waals surface area contributed by atoms with E-state index in [1.54, 1.807) is 0 Å². The van der Waals surface area contributed by atoms with Crippen molar-refractivity contribution in [2.24, 2.45) is 0 Å². The first kappa shape index (κ1) is 20.3. The van der Waals surface area contributed by atoms with Crippen molar-refractivity contribution in [3.63, 3.8) is 0 Å². The maximum absolute atomic E-state index is 12.9. The van der Waals surface area contributed by atoms with Gasteiger partial charge < -0.3 is 9.64 Å². The van der Waals surface area contributed by atoms with Crippen molar-refractivity contribution in [2.45, 2.75) is 78.5 Å². The summed E-state index contributed by atoms with van der Waals surface area (Å²) in [5.74, 6) is 0. The molecule has 0 saturated carbocycles. The van der Waals surface area contributed by atoms with E-state index >= 15 is 0 Å². The first-order valence-corrected chi connectivity index (χ1v) is 9.92. The molecule has 0 N–H and O–H groups in total. The molecular weight excluding hydrogens is 322 g/mol. The van der Waals surface area contributed by atoms with Crippen LogP contribution in [0.5, 0.6) is 0 Å². The minimum Gasteiger partial charge on any atom is -0.441 e. The minimum atomic E-state index is -0.218. The lowest BCUT2D eigenvalue weighted by molar-refractivity contribution is 0.0411. The van der Waals surface area contributed by atoms with Crippen molar-refractivity contribution in [3.8, 4) is 0 Å². The van der Waals surface area contributed by atoms with Crippen LogP contribution in [-0.2, 0) is 4.74 Å². The molecule has 2 rings (SSSR count). The number of rotatable bonds is 8. The minimum absolute atomic E-state index is 0.117. The molecule has 0 bridgehead atoms. The number of hydrogen-bond acceptors (Lipinski definition) is 2. The molecule has 0 heterocycles. The van der Waals surface area contributed by atoms with Gasteiger partial charge in [0.15, 0.2) is 0 Å². The third-order valence-corrected chi connectivity index (χ3v) is 4.81. The molecule has 26 heavy (non-hydrogen) atoms. The van der Waals surface area contributed by atoms with Crippen LogP contribution < -0.4 is 0 Å². The average molecular weight is 356 g/mol. The Labute approximate surface area is 158 Å². The van der Waals surface area contributed by atoms with E-state index in [2.05, 4.69) is 37.3 Å². The molecule has 0 aromatic heterocycles. The van der Waals surface area contributed by atoms with Crippen LogP contribution in [-0.4, -0.2) is 23.1 Å². The van der Waals surface area contributed by atoms with E-state index in [0.29, 0.717) is 0 Å². The summed E-state index contributed by atoms with van der Waals surface area (Å²) in [6, 6.07) is 14.8. The molecular formula is C23H33NO2. The molecule has 142 valence electrons. The van der Waals surface area contributed by atoms with Gasteiger partial charge in [-0.2, -0.15) is 0 Å². The van der Waals surface area contributed by atoms with Crippen molar-refractivity contribution in [1.29, 1.82) is 0 Å². The fourth-order valence-corrected chi connectivity index (χ4v) is 3.59. The van der Waals surface area contributed by atoms with Crippen molar-refractivity contribution >= 4 is 16.9 Å². The molecule has 1 atom stereocenters. The number of carbonyl (C=O) groups is 1. The van der Waals surface area contributed by atoms with Gasteiger partial charge in [-0.3, -0.25) is 0 Å². The van der Waals surface area contributed by atoms with Crippen LogP contribution in [0.15, 0.2) is 42.5 Å². The summed E-state index contributed by atoms with van der Waals surface area (Å²) >= 11 is 0. The molecule has 2 aromatic carbocycles. The topological polar surface area (TPSA) is 29.5 Å². The highest BCUT2D eigenvalue weighted by Gasteiger charge is 2.26. The second-order valence-corrected chi connectivity index (χ2v) is 7.53. The summed E-state index contributed by atoms with van der Waals surface area (Å²) in [6.07, 6.45) is 3.79. The van der Waals surface area contributed by atoms with E-state index in [1.165, 1.54) is 10.8 Å². The quantitative estimate of drug-likeness (QED) is 0.492. The molecule has 3 heteroatoms. The number of hydrogen-bond donors (Lipinski definition) is 0. The molecule has 0 aliphatic rings. The number of nitrogens with zero attached hydrogens (tertiary/aromatic N) is 1. The van der Waals surface area contributed by atoms with Gasteiger partial charge >= 0.3 is 6.09 Å². The first-order valence-electron chi connectivity index (χ1n) is 9.92. The SMILES string of the molecule is CCCCC[C@@H](OC(=O)N(C(C)C)C(C)C)c1cccc2ccccc12. The van der Waals surface area contributed by atoms with Gasteiger partial charge in [0.25, 0.3) is 0 Å². The van der Waals surface area contributed by atoms with E-state index in [9.17, 15) is 4.79 Å². The number of carbonyl (C=O) groups excluding carboxylic acids is 1. The van der Waals surface area contributed by atoms with Crippen LogP contribution in [0.2, 0.25) is 0 Å².